The van der Waals surface area contributed by atoms with Crippen molar-refractivity contribution in [3.8, 4) is 0 Å². The molecule has 0 saturated heterocycles. The molecule has 5 nitrogen and oxygen atoms in total. The van der Waals surface area contributed by atoms with E-state index < -0.39 is 0 Å². The standard InChI is InChI=1S/C26H36N2O3S/c1-6-10-23(28(5)18-20-29-7-2)11-8-9-12-26-27-25(22(4)31-26)17-19-30-32-24-15-13-21(3)14-16-24/h6,8-10,13-16H,1,7,11-12,17-20H2,2-5H3/b9-8-,23-10+. The maximum atomic E-state index is 5.83. The summed E-state index contributed by atoms with van der Waals surface area (Å²) in [5.41, 5.74) is 3.40. The minimum absolute atomic E-state index is 0.588. The third kappa shape index (κ3) is 9.47. The molecule has 0 aliphatic rings. The van der Waals surface area contributed by atoms with Crippen LogP contribution in [-0.2, 0) is 21.8 Å². The predicted molar refractivity (Wildman–Crippen MR) is 133 cm³/mol. The van der Waals surface area contributed by atoms with Gasteiger partial charge in [0, 0.05) is 62.1 Å². The van der Waals surface area contributed by atoms with Gasteiger partial charge in [-0.25, -0.2) is 4.98 Å². The lowest BCUT2D eigenvalue weighted by atomic mass is 10.2. The van der Waals surface area contributed by atoms with Crippen molar-refractivity contribution in [3.63, 3.8) is 0 Å². The molecule has 0 amide bonds. The number of ether oxygens (including phenoxy) is 1. The molecule has 1 aromatic heterocycles. The molecule has 0 aliphatic carbocycles. The highest BCUT2D eigenvalue weighted by molar-refractivity contribution is 7.94. The van der Waals surface area contributed by atoms with Gasteiger partial charge in [-0.15, -0.1) is 0 Å². The van der Waals surface area contributed by atoms with Crippen LogP contribution in [0, 0.1) is 13.8 Å². The van der Waals surface area contributed by atoms with E-state index in [1.807, 2.05) is 26.0 Å². The number of oxazole rings is 1. The van der Waals surface area contributed by atoms with Gasteiger partial charge in [0.1, 0.15) is 5.76 Å². The van der Waals surface area contributed by atoms with E-state index in [1.54, 1.807) is 0 Å². The zero-order chi connectivity index (χ0) is 23.2. The molecule has 0 saturated carbocycles. The third-order valence-corrected chi connectivity index (χ3v) is 5.65. The summed E-state index contributed by atoms with van der Waals surface area (Å²) in [7, 11) is 2.07. The number of rotatable bonds is 15. The largest absolute Gasteiger partial charge is 0.445 e. The molecule has 0 radical (unpaired) electrons. The van der Waals surface area contributed by atoms with E-state index in [2.05, 4.69) is 66.9 Å². The first-order valence-corrected chi connectivity index (χ1v) is 11.8. The fourth-order valence-electron chi connectivity index (χ4n) is 3.01. The second-order valence-corrected chi connectivity index (χ2v) is 8.34. The highest BCUT2D eigenvalue weighted by atomic mass is 32.2. The number of allylic oxidation sites excluding steroid dienone is 4. The van der Waals surface area contributed by atoms with Crippen LogP contribution >= 0.6 is 12.0 Å². The van der Waals surface area contributed by atoms with Crippen LogP contribution in [0.25, 0.3) is 0 Å². The lowest BCUT2D eigenvalue weighted by molar-refractivity contribution is 0.130. The van der Waals surface area contributed by atoms with Crippen molar-refractivity contribution in [1.29, 1.82) is 0 Å². The van der Waals surface area contributed by atoms with Gasteiger partial charge in [-0.1, -0.05) is 42.5 Å². The molecule has 0 bridgehead atoms. The van der Waals surface area contributed by atoms with Gasteiger partial charge in [0.25, 0.3) is 0 Å². The van der Waals surface area contributed by atoms with Crippen LogP contribution in [0.1, 0.15) is 36.3 Å². The molecule has 0 fully saturated rings. The lowest BCUT2D eigenvalue weighted by Crippen LogP contribution is -2.22. The maximum absolute atomic E-state index is 5.83. The molecule has 1 heterocycles. The summed E-state index contributed by atoms with van der Waals surface area (Å²) in [6.07, 6.45) is 10.3. The zero-order valence-corrected chi connectivity index (χ0v) is 20.6. The number of nitrogens with zero attached hydrogens (tertiary/aromatic N) is 2. The molecule has 1 aromatic carbocycles. The molecule has 32 heavy (non-hydrogen) atoms. The molecule has 0 atom stereocenters. The van der Waals surface area contributed by atoms with E-state index in [1.165, 1.54) is 23.3 Å². The number of aryl methyl sites for hydroxylation is 2. The monoisotopic (exact) mass is 456 g/mol. The van der Waals surface area contributed by atoms with Crippen molar-refractivity contribution in [3.05, 3.63) is 83.8 Å². The number of hydrogen-bond donors (Lipinski definition) is 0. The molecule has 174 valence electrons. The minimum atomic E-state index is 0.588. The topological polar surface area (TPSA) is 47.7 Å². The zero-order valence-electron chi connectivity index (χ0n) is 19.8. The summed E-state index contributed by atoms with van der Waals surface area (Å²) >= 11 is 1.40. The highest BCUT2D eigenvalue weighted by Gasteiger charge is 2.09. The maximum Gasteiger partial charge on any atom is 0.198 e. The summed E-state index contributed by atoms with van der Waals surface area (Å²) in [5.74, 6) is 1.60. The van der Waals surface area contributed by atoms with Crippen molar-refractivity contribution in [2.45, 2.75) is 44.9 Å². The molecule has 2 aromatic rings. The molecule has 2 rings (SSSR count). The van der Waals surface area contributed by atoms with E-state index in [4.69, 9.17) is 13.3 Å². The van der Waals surface area contributed by atoms with Crippen molar-refractivity contribution >= 4 is 12.0 Å². The number of likely N-dealkylation sites (N-methyl/N-ethyl adjacent to an activating group) is 1. The molecule has 0 spiro atoms. The smallest absolute Gasteiger partial charge is 0.198 e. The van der Waals surface area contributed by atoms with E-state index >= 15 is 0 Å². The Morgan fingerprint density at radius 1 is 1.19 bits per heavy atom. The number of hydrogen-bond acceptors (Lipinski definition) is 6. The summed E-state index contributed by atoms with van der Waals surface area (Å²) in [4.78, 5) is 7.94. The molecule has 0 aliphatic heterocycles. The van der Waals surface area contributed by atoms with Crippen molar-refractivity contribution in [1.82, 2.24) is 9.88 Å². The van der Waals surface area contributed by atoms with Gasteiger partial charge in [-0.3, -0.25) is 0 Å². The van der Waals surface area contributed by atoms with Gasteiger partial charge in [0.15, 0.2) is 5.89 Å². The highest BCUT2D eigenvalue weighted by Crippen LogP contribution is 2.20. The van der Waals surface area contributed by atoms with Crippen molar-refractivity contribution in [2.24, 2.45) is 0 Å². The fourth-order valence-corrected chi connectivity index (χ4v) is 3.56. The Kier molecular flexibility index (Phi) is 11.9. The first-order chi connectivity index (χ1) is 15.5. The normalized spacial score (nSPS) is 11.9. The van der Waals surface area contributed by atoms with Crippen molar-refractivity contribution < 1.29 is 13.3 Å². The van der Waals surface area contributed by atoms with Gasteiger partial charge in [-0.05, 0) is 39.0 Å². The summed E-state index contributed by atoms with van der Waals surface area (Å²) in [6, 6.07) is 8.31. The Balaban J connectivity index is 1.76. The van der Waals surface area contributed by atoms with Gasteiger partial charge >= 0.3 is 0 Å². The third-order valence-electron chi connectivity index (χ3n) is 4.90. The van der Waals surface area contributed by atoms with Gasteiger partial charge in [0.05, 0.1) is 18.9 Å². The van der Waals surface area contributed by atoms with E-state index in [0.29, 0.717) is 13.0 Å². The van der Waals surface area contributed by atoms with Crippen LogP contribution in [-0.4, -0.2) is 43.3 Å². The van der Waals surface area contributed by atoms with Crippen molar-refractivity contribution in [2.75, 3.05) is 33.4 Å². The minimum Gasteiger partial charge on any atom is -0.445 e. The van der Waals surface area contributed by atoms with E-state index in [0.717, 1.165) is 54.8 Å². The van der Waals surface area contributed by atoms with Crippen LogP contribution in [0.2, 0.25) is 0 Å². The summed E-state index contributed by atoms with van der Waals surface area (Å²) < 4.78 is 17.0. The van der Waals surface area contributed by atoms with Crippen LogP contribution in [0.15, 0.2) is 70.2 Å². The van der Waals surface area contributed by atoms with E-state index in [-0.39, 0.29) is 0 Å². The Bertz CT molecular complexity index is 872. The molecule has 0 N–H and O–H groups in total. The molecule has 0 unspecified atom stereocenters. The Morgan fingerprint density at radius 2 is 1.97 bits per heavy atom. The molecular weight excluding hydrogens is 420 g/mol. The average Bonchev–Trinajstić information content (AvgIpc) is 3.14. The first-order valence-electron chi connectivity index (χ1n) is 11.1. The van der Waals surface area contributed by atoms with Gasteiger partial charge in [-0.2, -0.15) is 0 Å². The number of benzene rings is 1. The van der Waals surface area contributed by atoms with Crippen LogP contribution in [0.5, 0.6) is 0 Å². The lowest BCUT2D eigenvalue weighted by Gasteiger charge is -2.21. The quantitative estimate of drug-likeness (QED) is 0.140. The number of aromatic nitrogens is 1. The second kappa shape index (κ2) is 14.7. The molecular formula is C26H36N2O3S. The Morgan fingerprint density at radius 3 is 2.69 bits per heavy atom. The summed E-state index contributed by atoms with van der Waals surface area (Å²) in [6.45, 7) is 12.8. The fraction of sp³-hybridized carbons (Fsp3) is 0.423. The predicted octanol–water partition coefficient (Wildman–Crippen LogP) is 6.08. The van der Waals surface area contributed by atoms with Gasteiger partial charge < -0.3 is 18.2 Å². The second-order valence-electron chi connectivity index (χ2n) is 7.47. The first kappa shape index (κ1) is 26.0. The summed E-state index contributed by atoms with van der Waals surface area (Å²) in [5, 5.41) is 0. The SMILES string of the molecule is C=C/C=C(\C/C=C\Cc1nc(CCOSc2ccc(C)cc2)c(C)o1)N(C)CCOCC. The van der Waals surface area contributed by atoms with Crippen LogP contribution < -0.4 is 0 Å². The van der Waals surface area contributed by atoms with E-state index in [9.17, 15) is 0 Å². The average molecular weight is 457 g/mol. The van der Waals surface area contributed by atoms with Crippen LogP contribution in [0.3, 0.4) is 0 Å². The molecule has 6 heteroatoms. The Labute approximate surface area is 197 Å². The van der Waals surface area contributed by atoms with Gasteiger partial charge in [0.2, 0.25) is 0 Å². The van der Waals surface area contributed by atoms with Crippen LogP contribution in [0.4, 0.5) is 0 Å². The Hall–Kier alpha value is -2.28.